The Morgan fingerprint density at radius 3 is 2.45 bits per heavy atom. The van der Waals surface area contributed by atoms with Gasteiger partial charge in [-0.25, -0.2) is 4.68 Å². The molecule has 0 spiro atoms. The second-order valence-corrected chi connectivity index (χ2v) is 5.16. The van der Waals surface area contributed by atoms with E-state index in [9.17, 15) is 4.79 Å². The van der Waals surface area contributed by atoms with Crippen molar-refractivity contribution >= 4 is 22.5 Å². The van der Waals surface area contributed by atoms with Crippen LogP contribution >= 0.6 is 0 Å². The zero-order chi connectivity index (χ0) is 15.5. The summed E-state index contributed by atoms with van der Waals surface area (Å²) in [6.07, 6.45) is 1.76. The van der Waals surface area contributed by atoms with Gasteiger partial charge in [-0.1, -0.05) is 47.7 Å². The minimum atomic E-state index is -0.0926. The summed E-state index contributed by atoms with van der Waals surface area (Å²) in [4.78, 5) is 14.7. The van der Waals surface area contributed by atoms with Gasteiger partial charge in [-0.3, -0.25) is 4.79 Å². The lowest BCUT2D eigenvalue weighted by molar-refractivity contribution is 0.104. The minimum absolute atomic E-state index is 0.0926. The second-order valence-electron chi connectivity index (χ2n) is 5.16. The number of carbonyl (C=O) groups is 1. The third kappa shape index (κ3) is 2.61. The number of benzene rings is 2. The maximum absolute atomic E-state index is 12.8. The number of fused-ring (bicyclic) bond motifs is 1. The van der Waals surface area contributed by atoms with Crippen LogP contribution in [0.5, 0.6) is 0 Å². The van der Waals surface area contributed by atoms with Gasteiger partial charge in [-0.15, -0.1) is 5.10 Å². The van der Waals surface area contributed by atoms with Gasteiger partial charge in [-0.05, 0) is 12.1 Å². The average Bonchev–Trinajstić information content (AvgIpc) is 2.96. The zero-order valence-electron chi connectivity index (χ0n) is 12.5. The monoisotopic (exact) mass is 292 g/mol. The molecule has 0 amide bonds. The first-order chi connectivity index (χ1) is 10.7. The highest BCUT2D eigenvalue weighted by atomic mass is 16.1. The largest absolute Gasteiger partial charge is 0.382 e. The zero-order valence-corrected chi connectivity index (χ0v) is 12.5. The molecular formula is C17H16N4O. The van der Waals surface area contributed by atoms with Gasteiger partial charge >= 0.3 is 0 Å². The molecule has 22 heavy (non-hydrogen) atoms. The van der Waals surface area contributed by atoms with Gasteiger partial charge in [0, 0.05) is 25.9 Å². The molecule has 5 heteroatoms. The first-order valence-corrected chi connectivity index (χ1v) is 6.95. The van der Waals surface area contributed by atoms with Crippen molar-refractivity contribution in [2.45, 2.75) is 0 Å². The lowest BCUT2D eigenvalue weighted by Crippen LogP contribution is -2.15. The summed E-state index contributed by atoms with van der Waals surface area (Å²) in [5.74, 6) is -0.0926. The van der Waals surface area contributed by atoms with Crippen LogP contribution in [-0.4, -0.2) is 39.8 Å². The van der Waals surface area contributed by atoms with Crippen molar-refractivity contribution in [1.82, 2.24) is 19.9 Å². The number of nitrogens with zero attached hydrogens (tertiary/aromatic N) is 4. The molecule has 3 aromatic rings. The molecule has 0 unspecified atom stereocenters. The van der Waals surface area contributed by atoms with Gasteiger partial charge in [0.1, 0.15) is 11.2 Å². The van der Waals surface area contributed by atoms with Gasteiger partial charge in [0.25, 0.3) is 0 Å². The van der Waals surface area contributed by atoms with Crippen molar-refractivity contribution in [3.05, 3.63) is 66.4 Å². The predicted molar refractivity (Wildman–Crippen MR) is 86.3 cm³/mol. The Morgan fingerprint density at radius 2 is 1.73 bits per heavy atom. The van der Waals surface area contributed by atoms with Crippen LogP contribution in [-0.2, 0) is 0 Å². The number of hydrogen-bond acceptors (Lipinski definition) is 4. The van der Waals surface area contributed by atoms with E-state index in [2.05, 4.69) is 10.3 Å². The van der Waals surface area contributed by atoms with E-state index < -0.39 is 0 Å². The maximum atomic E-state index is 12.8. The average molecular weight is 292 g/mol. The normalized spacial score (nSPS) is 11.6. The molecule has 0 bridgehead atoms. The van der Waals surface area contributed by atoms with Crippen molar-refractivity contribution in [2.75, 3.05) is 14.1 Å². The van der Waals surface area contributed by atoms with Crippen molar-refractivity contribution in [1.29, 1.82) is 0 Å². The third-order valence-corrected chi connectivity index (χ3v) is 3.23. The van der Waals surface area contributed by atoms with Gasteiger partial charge in [0.2, 0.25) is 5.78 Å². The quantitative estimate of drug-likeness (QED) is 0.548. The van der Waals surface area contributed by atoms with Gasteiger partial charge < -0.3 is 4.90 Å². The van der Waals surface area contributed by atoms with Crippen LogP contribution in [0, 0.1) is 0 Å². The molecule has 2 aromatic carbocycles. The summed E-state index contributed by atoms with van der Waals surface area (Å²) in [5.41, 5.74) is 2.65. The van der Waals surface area contributed by atoms with Gasteiger partial charge in [0.15, 0.2) is 0 Å². The van der Waals surface area contributed by atoms with Crippen LogP contribution in [0.25, 0.3) is 16.7 Å². The SMILES string of the molecule is CN(C)/C=C(/C(=O)c1ccccc1)n1nnc2ccccc21. The summed E-state index contributed by atoms with van der Waals surface area (Å²) in [7, 11) is 3.74. The topological polar surface area (TPSA) is 51.0 Å². The smallest absolute Gasteiger partial charge is 0.212 e. The molecule has 0 atom stereocenters. The van der Waals surface area contributed by atoms with Crippen LogP contribution < -0.4 is 0 Å². The molecule has 0 fully saturated rings. The molecule has 0 N–H and O–H groups in total. The number of ketones is 1. The fourth-order valence-electron chi connectivity index (χ4n) is 2.24. The first kappa shape index (κ1) is 14.0. The molecule has 0 aliphatic carbocycles. The molecule has 3 rings (SSSR count). The second kappa shape index (κ2) is 5.81. The standard InChI is InChI=1S/C17H16N4O/c1-20(2)12-16(17(22)13-8-4-3-5-9-13)21-15-11-7-6-10-14(15)18-19-21/h3-12H,1-2H3/b16-12-. The Labute approximate surface area is 128 Å². The molecule has 0 aliphatic rings. The summed E-state index contributed by atoms with van der Waals surface area (Å²) < 4.78 is 1.59. The highest BCUT2D eigenvalue weighted by Gasteiger charge is 2.18. The molecule has 1 aromatic heterocycles. The Balaban J connectivity index is 2.14. The van der Waals surface area contributed by atoms with Crippen LogP contribution in [0.3, 0.4) is 0 Å². The van der Waals surface area contributed by atoms with E-state index in [1.54, 1.807) is 23.0 Å². The molecule has 0 saturated carbocycles. The maximum Gasteiger partial charge on any atom is 0.212 e. The predicted octanol–water partition coefficient (Wildman–Crippen LogP) is 2.67. The van der Waals surface area contributed by atoms with Crippen molar-refractivity contribution < 1.29 is 4.79 Å². The fraction of sp³-hybridized carbons (Fsp3) is 0.118. The highest BCUT2D eigenvalue weighted by Crippen LogP contribution is 2.19. The number of hydrogen-bond donors (Lipinski definition) is 0. The lowest BCUT2D eigenvalue weighted by Gasteiger charge is -2.12. The van der Waals surface area contributed by atoms with E-state index in [0.29, 0.717) is 11.3 Å². The Morgan fingerprint density at radius 1 is 1.05 bits per heavy atom. The van der Waals surface area contributed by atoms with Crippen molar-refractivity contribution in [2.24, 2.45) is 0 Å². The fourth-order valence-corrected chi connectivity index (χ4v) is 2.24. The molecular weight excluding hydrogens is 276 g/mol. The van der Waals surface area contributed by atoms with Crippen molar-refractivity contribution in [3.63, 3.8) is 0 Å². The molecule has 110 valence electrons. The van der Waals surface area contributed by atoms with Crippen LogP contribution in [0.2, 0.25) is 0 Å². The Kier molecular flexibility index (Phi) is 3.70. The van der Waals surface area contributed by atoms with E-state index in [-0.39, 0.29) is 5.78 Å². The molecule has 1 heterocycles. The van der Waals surface area contributed by atoms with E-state index in [4.69, 9.17) is 0 Å². The number of Topliss-reactive ketones (excluding diaryl/α,β-unsaturated/α-hetero) is 1. The molecule has 0 saturated heterocycles. The first-order valence-electron chi connectivity index (χ1n) is 6.95. The number of para-hydroxylation sites is 1. The lowest BCUT2D eigenvalue weighted by atomic mass is 10.1. The minimum Gasteiger partial charge on any atom is -0.382 e. The van der Waals surface area contributed by atoms with Crippen molar-refractivity contribution in [3.8, 4) is 0 Å². The number of allylic oxidation sites excluding steroid dienone is 1. The van der Waals surface area contributed by atoms with E-state index in [0.717, 1.165) is 11.0 Å². The summed E-state index contributed by atoms with van der Waals surface area (Å²) >= 11 is 0. The van der Waals surface area contributed by atoms with Crippen LogP contribution in [0.1, 0.15) is 10.4 Å². The van der Waals surface area contributed by atoms with Crippen LogP contribution in [0.4, 0.5) is 0 Å². The number of rotatable bonds is 4. The molecule has 0 radical (unpaired) electrons. The summed E-state index contributed by atoms with van der Waals surface area (Å²) in [6.45, 7) is 0. The van der Waals surface area contributed by atoms with Gasteiger partial charge in [0.05, 0.1) is 5.52 Å². The summed E-state index contributed by atoms with van der Waals surface area (Å²) in [6, 6.07) is 16.8. The van der Waals surface area contributed by atoms with Gasteiger partial charge in [-0.2, -0.15) is 0 Å². The molecule has 0 aliphatic heterocycles. The van der Waals surface area contributed by atoms with E-state index in [1.165, 1.54) is 0 Å². The Hall–Kier alpha value is -2.95. The number of aromatic nitrogens is 3. The van der Waals surface area contributed by atoms with E-state index in [1.807, 2.05) is 61.5 Å². The van der Waals surface area contributed by atoms with E-state index >= 15 is 0 Å². The third-order valence-electron chi connectivity index (χ3n) is 3.23. The number of carbonyl (C=O) groups excluding carboxylic acids is 1. The summed E-state index contributed by atoms with van der Waals surface area (Å²) in [5, 5.41) is 8.27. The highest BCUT2D eigenvalue weighted by molar-refractivity contribution is 6.24. The molecule has 5 nitrogen and oxygen atoms in total. The van der Waals surface area contributed by atoms with Crippen LogP contribution in [0.15, 0.2) is 60.8 Å². The Bertz CT molecular complexity index is 834.